The molecule has 1 unspecified atom stereocenters. The molecule has 0 spiro atoms. The summed E-state index contributed by atoms with van der Waals surface area (Å²) in [5, 5.41) is 0.761. The van der Waals surface area contributed by atoms with Crippen LogP contribution in [0.3, 0.4) is 0 Å². The van der Waals surface area contributed by atoms with E-state index in [1.54, 1.807) is 0 Å². The summed E-state index contributed by atoms with van der Waals surface area (Å²) in [4.78, 5) is 2.37. The van der Waals surface area contributed by atoms with Crippen LogP contribution in [0.1, 0.15) is 26.2 Å². The number of nitrogens with zero attached hydrogens (tertiary/aromatic N) is 1. The number of benzene rings is 1. The lowest BCUT2D eigenvalue weighted by Gasteiger charge is -2.36. The van der Waals surface area contributed by atoms with Gasteiger partial charge in [-0.1, -0.05) is 11.6 Å². The average molecular weight is 225 g/mol. The Bertz CT molecular complexity index is 351. The van der Waals surface area contributed by atoms with Crippen molar-refractivity contribution in [3.05, 3.63) is 23.2 Å². The van der Waals surface area contributed by atoms with Crippen LogP contribution in [0.4, 0.5) is 11.4 Å². The maximum absolute atomic E-state index is 6.00. The second kappa shape index (κ2) is 4.31. The normalized spacial score (nSPS) is 21.7. The van der Waals surface area contributed by atoms with E-state index in [4.69, 9.17) is 17.3 Å². The molecule has 2 rings (SSSR count). The van der Waals surface area contributed by atoms with Crippen molar-refractivity contribution in [2.75, 3.05) is 17.2 Å². The zero-order chi connectivity index (χ0) is 10.8. The van der Waals surface area contributed by atoms with Gasteiger partial charge in [-0.25, -0.2) is 0 Å². The molecule has 0 aliphatic carbocycles. The topological polar surface area (TPSA) is 29.3 Å². The first-order valence-corrected chi connectivity index (χ1v) is 5.88. The molecule has 1 aromatic rings. The Hall–Kier alpha value is -0.890. The molecule has 1 aliphatic rings. The van der Waals surface area contributed by atoms with Gasteiger partial charge in [0.15, 0.2) is 0 Å². The van der Waals surface area contributed by atoms with Crippen molar-refractivity contribution in [3.63, 3.8) is 0 Å². The Morgan fingerprint density at radius 3 is 2.93 bits per heavy atom. The van der Waals surface area contributed by atoms with E-state index < -0.39 is 0 Å². The minimum absolute atomic E-state index is 0.569. The molecule has 2 N–H and O–H groups in total. The highest BCUT2D eigenvalue weighted by Crippen LogP contribution is 2.31. The number of anilines is 2. The summed E-state index contributed by atoms with van der Waals surface area (Å²) in [5.74, 6) is 0. The van der Waals surface area contributed by atoms with Crippen LogP contribution in [0.5, 0.6) is 0 Å². The Morgan fingerprint density at radius 1 is 1.40 bits per heavy atom. The Morgan fingerprint density at radius 2 is 2.20 bits per heavy atom. The Kier molecular flexibility index (Phi) is 3.06. The van der Waals surface area contributed by atoms with Crippen LogP contribution in [0.15, 0.2) is 18.2 Å². The van der Waals surface area contributed by atoms with Crippen LogP contribution in [-0.2, 0) is 0 Å². The fourth-order valence-electron chi connectivity index (χ4n) is 2.22. The van der Waals surface area contributed by atoms with Crippen molar-refractivity contribution in [1.82, 2.24) is 0 Å². The predicted molar refractivity (Wildman–Crippen MR) is 66.5 cm³/mol. The molecular weight excluding hydrogens is 208 g/mol. The second-order valence-electron chi connectivity index (χ2n) is 4.24. The first kappa shape index (κ1) is 10.6. The van der Waals surface area contributed by atoms with Crippen molar-refractivity contribution >= 4 is 23.0 Å². The van der Waals surface area contributed by atoms with E-state index >= 15 is 0 Å². The Balaban J connectivity index is 2.30. The average Bonchev–Trinajstić information content (AvgIpc) is 2.23. The van der Waals surface area contributed by atoms with Crippen molar-refractivity contribution in [1.29, 1.82) is 0 Å². The van der Waals surface area contributed by atoms with E-state index in [1.165, 1.54) is 19.3 Å². The van der Waals surface area contributed by atoms with Crippen LogP contribution < -0.4 is 10.6 Å². The first-order valence-electron chi connectivity index (χ1n) is 5.50. The van der Waals surface area contributed by atoms with E-state index in [9.17, 15) is 0 Å². The van der Waals surface area contributed by atoms with Gasteiger partial charge in [0.2, 0.25) is 0 Å². The maximum Gasteiger partial charge on any atom is 0.0617 e. The fraction of sp³-hybridized carbons (Fsp3) is 0.500. The predicted octanol–water partition coefficient (Wildman–Crippen LogP) is 3.30. The van der Waals surface area contributed by atoms with E-state index in [1.807, 2.05) is 18.2 Å². The highest BCUT2D eigenvalue weighted by molar-refractivity contribution is 6.31. The standard InChI is InChI=1S/C12H17ClN2/c1-9-4-2-3-7-15(9)12-8-10(13)5-6-11(12)14/h5-6,8-9H,2-4,7,14H2,1H3. The molecule has 0 saturated carbocycles. The molecule has 0 aromatic heterocycles. The second-order valence-corrected chi connectivity index (χ2v) is 4.68. The third-order valence-electron chi connectivity index (χ3n) is 3.10. The SMILES string of the molecule is CC1CCCCN1c1cc(Cl)ccc1N. The zero-order valence-electron chi connectivity index (χ0n) is 9.04. The molecule has 1 aliphatic heterocycles. The lowest BCUT2D eigenvalue weighted by molar-refractivity contribution is 0.485. The molecule has 0 amide bonds. The molecule has 15 heavy (non-hydrogen) atoms. The van der Waals surface area contributed by atoms with Gasteiger partial charge < -0.3 is 10.6 Å². The molecule has 3 heteroatoms. The molecule has 1 saturated heterocycles. The van der Waals surface area contributed by atoms with Gasteiger partial charge in [-0.2, -0.15) is 0 Å². The molecule has 1 atom stereocenters. The minimum atomic E-state index is 0.569. The van der Waals surface area contributed by atoms with Gasteiger partial charge >= 0.3 is 0 Å². The van der Waals surface area contributed by atoms with Crippen LogP contribution in [0.2, 0.25) is 5.02 Å². The molecular formula is C12H17ClN2. The minimum Gasteiger partial charge on any atom is -0.397 e. The zero-order valence-corrected chi connectivity index (χ0v) is 9.80. The van der Waals surface area contributed by atoms with Crippen molar-refractivity contribution < 1.29 is 0 Å². The lowest BCUT2D eigenvalue weighted by atomic mass is 10.0. The number of nitrogens with two attached hydrogens (primary N) is 1. The number of hydrogen-bond donors (Lipinski definition) is 1. The van der Waals surface area contributed by atoms with Crippen LogP contribution in [-0.4, -0.2) is 12.6 Å². The van der Waals surface area contributed by atoms with Crippen LogP contribution >= 0.6 is 11.6 Å². The maximum atomic E-state index is 6.00. The van der Waals surface area contributed by atoms with Gasteiger partial charge in [0.1, 0.15) is 0 Å². The molecule has 0 bridgehead atoms. The molecule has 82 valence electrons. The van der Waals surface area contributed by atoms with Gasteiger partial charge in [0, 0.05) is 17.6 Å². The van der Waals surface area contributed by atoms with Crippen LogP contribution in [0.25, 0.3) is 0 Å². The summed E-state index contributed by atoms with van der Waals surface area (Å²) < 4.78 is 0. The molecule has 0 radical (unpaired) electrons. The molecule has 1 aromatic carbocycles. The third kappa shape index (κ3) is 2.20. The molecule has 1 heterocycles. The summed E-state index contributed by atoms with van der Waals surface area (Å²) in [7, 11) is 0. The van der Waals surface area contributed by atoms with Gasteiger partial charge in [0.05, 0.1) is 11.4 Å². The highest BCUT2D eigenvalue weighted by atomic mass is 35.5. The summed E-state index contributed by atoms with van der Waals surface area (Å²) in [6.45, 7) is 3.34. The van der Waals surface area contributed by atoms with Crippen molar-refractivity contribution in [2.45, 2.75) is 32.2 Å². The van der Waals surface area contributed by atoms with Gasteiger partial charge in [0.25, 0.3) is 0 Å². The Labute approximate surface area is 96.0 Å². The number of hydrogen-bond acceptors (Lipinski definition) is 2. The van der Waals surface area contributed by atoms with Gasteiger partial charge in [-0.3, -0.25) is 0 Å². The van der Waals surface area contributed by atoms with Crippen molar-refractivity contribution in [2.24, 2.45) is 0 Å². The fourth-order valence-corrected chi connectivity index (χ4v) is 2.39. The first-order chi connectivity index (χ1) is 7.18. The number of rotatable bonds is 1. The van der Waals surface area contributed by atoms with Gasteiger partial charge in [-0.15, -0.1) is 0 Å². The number of halogens is 1. The molecule has 1 fully saturated rings. The molecule has 2 nitrogen and oxygen atoms in total. The smallest absolute Gasteiger partial charge is 0.0617 e. The van der Waals surface area contributed by atoms with E-state index in [0.717, 1.165) is 22.9 Å². The van der Waals surface area contributed by atoms with Gasteiger partial charge in [-0.05, 0) is 44.4 Å². The van der Waals surface area contributed by atoms with E-state index in [2.05, 4.69) is 11.8 Å². The summed E-state index contributed by atoms with van der Waals surface area (Å²) in [5.41, 5.74) is 7.90. The monoisotopic (exact) mass is 224 g/mol. The lowest BCUT2D eigenvalue weighted by Crippen LogP contribution is -2.37. The summed E-state index contributed by atoms with van der Waals surface area (Å²) in [6, 6.07) is 6.27. The third-order valence-corrected chi connectivity index (χ3v) is 3.34. The summed E-state index contributed by atoms with van der Waals surface area (Å²) >= 11 is 6.00. The van der Waals surface area contributed by atoms with E-state index in [-0.39, 0.29) is 0 Å². The van der Waals surface area contributed by atoms with E-state index in [0.29, 0.717) is 6.04 Å². The highest BCUT2D eigenvalue weighted by Gasteiger charge is 2.20. The largest absolute Gasteiger partial charge is 0.397 e. The van der Waals surface area contributed by atoms with Crippen molar-refractivity contribution in [3.8, 4) is 0 Å². The quantitative estimate of drug-likeness (QED) is 0.742. The number of nitrogen functional groups attached to an aromatic ring is 1. The van der Waals surface area contributed by atoms with Crippen LogP contribution in [0, 0.1) is 0 Å². The number of piperidine rings is 1. The summed E-state index contributed by atoms with van der Waals surface area (Å²) in [6.07, 6.45) is 3.81.